The van der Waals surface area contributed by atoms with Crippen molar-refractivity contribution in [2.45, 2.75) is 71.8 Å². The lowest BCUT2D eigenvalue weighted by Gasteiger charge is -2.31. The number of nitrogens with two attached hydrogens (primary N) is 1. The summed E-state index contributed by atoms with van der Waals surface area (Å²) in [5.41, 5.74) is 9.89. The highest BCUT2D eigenvalue weighted by Crippen LogP contribution is 2.39. The molecule has 0 aromatic heterocycles. The third-order valence-corrected chi connectivity index (χ3v) is 5.12. The van der Waals surface area contributed by atoms with Gasteiger partial charge in [0.15, 0.2) is 0 Å². The molecule has 0 amide bonds. The molecule has 20 heavy (non-hydrogen) atoms. The zero-order chi connectivity index (χ0) is 14.8. The maximum Gasteiger partial charge on any atom is 0.0195 e. The van der Waals surface area contributed by atoms with Gasteiger partial charge < -0.3 is 5.73 Å². The molecule has 0 heterocycles. The van der Waals surface area contributed by atoms with Crippen molar-refractivity contribution in [3.63, 3.8) is 0 Å². The standard InChI is InChI=1S/C19H31N/c1-15-7-9-16(10-8-15)14-19(20)12-5-6-17(11-13-19)18(2,3)4/h7-10,17H,5-6,11-14,20H2,1-4H3. The first-order valence-corrected chi connectivity index (χ1v) is 8.13. The number of rotatable bonds is 2. The molecule has 1 aliphatic rings. The Hall–Kier alpha value is -0.820. The summed E-state index contributed by atoms with van der Waals surface area (Å²) in [6.07, 6.45) is 7.28. The Kier molecular flexibility index (Phi) is 4.59. The summed E-state index contributed by atoms with van der Waals surface area (Å²) in [6, 6.07) is 8.90. The monoisotopic (exact) mass is 273 g/mol. The lowest BCUT2D eigenvalue weighted by Crippen LogP contribution is -2.41. The molecule has 2 atom stereocenters. The van der Waals surface area contributed by atoms with E-state index in [-0.39, 0.29) is 5.54 Å². The van der Waals surface area contributed by atoms with Gasteiger partial charge in [-0.05, 0) is 55.9 Å². The van der Waals surface area contributed by atoms with Gasteiger partial charge >= 0.3 is 0 Å². The molecule has 2 N–H and O–H groups in total. The molecular weight excluding hydrogens is 242 g/mol. The third kappa shape index (κ3) is 4.09. The Morgan fingerprint density at radius 2 is 1.75 bits per heavy atom. The van der Waals surface area contributed by atoms with Gasteiger partial charge in [-0.25, -0.2) is 0 Å². The first-order valence-electron chi connectivity index (χ1n) is 8.13. The van der Waals surface area contributed by atoms with Crippen molar-refractivity contribution in [1.82, 2.24) is 0 Å². The Labute approximate surface area is 125 Å². The smallest absolute Gasteiger partial charge is 0.0195 e. The lowest BCUT2D eigenvalue weighted by atomic mass is 9.76. The molecule has 2 unspecified atom stereocenters. The van der Waals surface area contributed by atoms with Crippen LogP contribution in [0, 0.1) is 18.3 Å². The summed E-state index contributed by atoms with van der Waals surface area (Å²) in [6.45, 7) is 9.27. The molecule has 0 aliphatic heterocycles. The summed E-state index contributed by atoms with van der Waals surface area (Å²) in [5, 5.41) is 0. The van der Waals surface area contributed by atoms with Gasteiger partial charge in [-0.15, -0.1) is 0 Å². The van der Waals surface area contributed by atoms with Gasteiger partial charge in [0.05, 0.1) is 0 Å². The van der Waals surface area contributed by atoms with Gasteiger partial charge in [-0.3, -0.25) is 0 Å². The molecule has 0 radical (unpaired) electrons. The van der Waals surface area contributed by atoms with E-state index in [4.69, 9.17) is 5.73 Å². The molecule has 1 aliphatic carbocycles. The van der Waals surface area contributed by atoms with Gasteiger partial charge in [-0.2, -0.15) is 0 Å². The fourth-order valence-corrected chi connectivity index (χ4v) is 3.59. The van der Waals surface area contributed by atoms with E-state index in [1.807, 2.05) is 0 Å². The maximum atomic E-state index is 6.73. The molecule has 1 aromatic carbocycles. The molecule has 1 heteroatoms. The van der Waals surface area contributed by atoms with Gasteiger partial charge in [-0.1, -0.05) is 57.0 Å². The van der Waals surface area contributed by atoms with E-state index in [0.717, 1.165) is 12.3 Å². The molecule has 0 saturated heterocycles. The number of benzene rings is 1. The van der Waals surface area contributed by atoms with Gasteiger partial charge in [0.2, 0.25) is 0 Å². The highest BCUT2D eigenvalue weighted by atomic mass is 14.7. The summed E-state index contributed by atoms with van der Waals surface area (Å²) >= 11 is 0. The Morgan fingerprint density at radius 3 is 2.35 bits per heavy atom. The van der Waals surface area contributed by atoms with E-state index in [2.05, 4.69) is 52.0 Å². The molecule has 0 spiro atoms. The second-order valence-corrected chi connectivity index (χ2v) is 8.02. The maximum absolute atomic E-state index is 6.73. The topological polar surface area (TPSA) is 26.0 Å². The summed E-state index contributed by atoms with van der Waals surface area (Å²) in [5.74, 6) is 0.825. The Morgan fingerprint density at radius 1 is 1.10 bits per heavy atom. The van der Waals surface area contributed by atoms with Gasteiger partial charge in [0, 0.05) is 5.54 Å². The van der Waals surface area contributed by atoms with Gasteiger partial charge in [0.1, 0.15) is 0 Å². The molecule has 1 saturated carbocycles. The fraction of sp³-hybridized carbons (Fsp3) is 0.684. The number of hydrogen-bond donors (Lipinski definition) is 1. The van der Waals surface area contributed by atoms with Crippen molar-refractivity contribution in [2.75, 3.05) is 0 Å². The van der Waals surface area contributed by atoms with E-state index in [9.17, 15) is 0 Å². The fourth-order valence-electron chi connectivity index (χ4n) is 3.59. The van der Waals surface area contributed by atoms with Crippen molar-refractivity contribution in [1.29, 1.82) is 0 Å². The molecule has 0 bridgehead atoms. The average molecular weight is 273 g/mol. The second-order valence-electron chi connectivity index (χ2n) is 8.02. The molecule has 1 fully saturated rings. The van der Waals surface area contributed by atoms with Crippen LogP contribution < -0.4 is 5.73 Å². The zero-order valence-corrected chi connectivity index (χ0v) is 13.7. The molecule has 2 rings (SSSR count). The van der Waals surface area contributed by atoms with Crippen LogP contribution in [-0.2, 0) is 6.42 Å². The lowest BCUT2D eigenvalue weighted by molar-refractivity contribution is 0.210. The summed E-state index contributed by atoms with van der Waals surface area (Å²) in [7, 11) is 0. The molecule has 1 nitrogen and oxygen atoms in total. The quantitative estimate of drug-likeness (QED) is 0.765. The summed E-state index contributed by atoms with van der Waals surface area (Å²) in [4.78, 5) is 0. The van der Waals surface area contributed by atoms with E-state index < -0.39 is 0 Å². The normalized spacial score (nSPS) is 28.1. The van der Waals surface area contributed by atoms with Crippen LogP contribution in [0.15, 0.2) is 24.3 Å². The largest absolute Gasteiger partial charge is 0.325 e. The van der Waals surface area contributed by atoms with Gasteiger partial charge in [0.25, 0.3) is 0 Å². The highest BCUT2D eigenvalue weighted by Gasteiger charge is 2.33. The number of aryl methyl sites for hydroxylation is 1. The van der Waals surface area contributed by atoms with E-state index in [1.165, 1.54) is 43.2 Å². The van der Waals surface area contributed by atoms with Crippen LogP contribution in [0.4, 0.5) is 0 Å². The predicted molar refractivity (Wildman–Crippen MR) is 87.8 cm³/mol. The first-order chi connectivity index (χ1) is 9.28. The summed E-state index contributed by atoms with van der Waals surface area (Å²) < 4.78 is 0. The van der Waals surface area contributed by atoms with Crippen LogP contribution in [0.1, 0.15) is 64.0 Å². The van der Waals surface area contributed by atoms with E-state index >= 15 is 0 Å². The average Bonchev–Trinajstić information content (AvgIpc) is 2.54. The van der Waals surface area contributed by atoms with E-state index in [0.29, 0.717) is 5.41 Å². The molecule has 112 valence electrons. The van der Waals surface area contributed by atoms with Crippen LogP contribution in [0.5, 0.6) is 0 Å². The molecule has 1 aromatic rings. The van der Waals surface area contributed by atoms with Crippen LogP contribution in [0.25, 0.3) is 0 Å². The third-order valence-electron chi connectivity index (χ3n) is 5.12. The van der Waals surface area contributed by atoms with Crippen molar-refractivity contribution >= 4 is 0 Å². The van der Waals surface area contributed by atoms with Crippen LogP contribution in [0.3, 0.4) is 0 Å². The van der Waals surface area contributed by atoms with Crippen molar-refractivity contribution in [3.8, 4) is 0 Å². The minimum absolute atomic E-state index is 0.00918. The first kappa shape index (κ1) is 15.6. The number of hydrogen-bond acceptors (Lipinski definition) is 1. The predicted octanol–water partition coefficient (Wildman–Crippen LogP) is 4.86. The minimum atomic E-state index is 0.00918. The Bertz CT molecular complexity index is 426. The SMILES string of the molecule is Cc1ccc(CC2(N)CCCC(C(C)(C)C)CC2)cc1. The van der Waals surface area contributed by atoms with Crippen LogP contribution >= 0.6 is 0 Å². The Balaban J connectivity index is 2.02. The minimum Gasteiger partial charge on any atom is -0.325 e. The van der Waals surface area contributed by atoms with Crippen LogP contribution in [-0.4, -0.2) is 5.54 Å². The van der Waals surface area contributed by atoms with E-state index in [1.54, 1.807) is 0 Å². The molecular formula is C19H31N. The van der Waals surface area contributed by atoms with Crippen molar-refractivity contribution in [3.05, 3.63) is 35.4 Å². The van der Waals surface area contributed by atoms with Crippen LogP contribution in [0.2, 0.25) is 0 Å². The second kappa shape index (κ2) is 5.89. The highest BCUT2D eigenvalue weighted by molar-refractivity contribution is 5.23. The van der Waals surface area contributed by atoms with Crippen molar-refractivity contribution < 1.29 is 0 Å². The zero-order valence-electron chi connectivity index (χ0n) is 13.7. The van der Waals surface area contributed by atoms with Crippen molar-refractivity contribution in [2.24, 2.45) is 17.1 Å².